The van der Waals surface area contributed by atoms with Crippen molar-refractivity contribution in [3.8, 4) is 0 Å². The summed E-state index contributed by atoms with van der Waals surface area (Å²) in [5.74, 6) is 0. The fourth-order valence-electron chi connectivity index (χ4n) is 0.548. The minimum atomic E-state index is 0.994. The molecule has 1 heterocycles. The van der Waals surface area contributed by atoms with E-state index in [0.29, 0.717) is 0 Å². The van der Waals surface area contributed by atoms with Crippen molar-refractivity contribution in [2.75, 3.05) is 0 Å². The Bertz CT molecular complexity index is 148. The van der Waals surface area contributed by atoms with Crippen LogP contribution in [0.5, 0.6) is 0 Å². The van der Waals surface area contributed by atoms with E-state index >= 15 is 0 Å². The molecule has 1 rings (SSSR count). The lowest BCUT2D eigenvalue weighted by atomic mass is 10.6. The number of nitrogens with zero attached hydrogens (tertiary/aromatic N) is 2. The molecule has 0 N–H and O–H groups in total. The van der Waals surface area contributed by atoms with Gasteiger partial charge in [-0.25, -0.2) is 4.57 Å². The first kappa shape index (κ1) is 5.22. The lowest BCUT2D eigenvalue weighted by molar-refractivity contribution is -0.696. The van der Waals surface area contributed by atoms with Gasteiger partial charge in [-0.15, -0.1) is 0 Å². The highest BCUT2D eigenvalue weighted by Gasteiger charge is 1.86. The van der Waals surface area contributed by atoms with Gasteiger partial charge in [-0.2, -0.15) is 0 Å². The van der Waals surface area contributed by atoms with Gasteiger partial charge in [0.1, 0.15) is 6.20 Å². The average Bonchev–Trinajstić information content (AvgIpc) is 1.90. The molecule has 0 bridgehead atoms. The summed E-state index contributed by atoms with van der Waals surface area (Å²) in [6, 6.07) is 1.92. The second-order valence-corrected chi connectivity index (χ2v) is 1.59. The van der Waals surface area contributed by atoms with Crippen molar-refractivity contribution in [2.24, 2.45) is 0 Å². The zero-order valence-electron chi connectivity index (χ0n) is 4.91. The van der Waals surface area contributed by atoms with E-state index < -0.39 is 0 Å². The van der Waals surface area contributed by atoms with Gasteiger partial charge in [0.15, 0.2) is 0 Å². The highest BCUT2D eigenvalue weighted by Crippen LogP contribution is 1.68. The molecule has 0 atom stereocenters. The summed E-state index contributed by atoms with van der Waals surface area (Å²) in [5.41, 5.74) is 0. The van der Waals surface area contributed by atoms with Crippen LogP contribution in [0.2, 0.25) is 0 Å². The highest BCUT2D eigenvalue weighted by atomic mass is 15.0. The van der Waals surface area contributed by atoms with Crippen LogP contribution in [-0.2, 0) is 6.54 Å². The third-order valence-corrected chi connectivity index (χ3v) is 1.03. The molecular weight excluding hydrogens is 100 g/mol. The maximum atomic E-state index is 3.92. The van der Waals surface area contributed by atoms with Crippen molar-refractivity contribution in [2.45, 2.75) is 13.5 Å². The number of hydrogen-bond acceptors (Lipinski definition) is 1. The molecule has 0 fully saturated rings. The summed E-state index contributed by atoms with van der Waals surface area (Å²) >= 11 is 0. The van der Waals surface area contributed by atoms with Crippen LogP contribution in [0.4, 0.5) is 0 Å². The molecule has 1 aromatic rings. The predicted molar refractivity (Wildman–Crippen MR) is 30.1 cm³/mol. The molecule has 0 saturated carbocycles. The van der Waals surface area contributed by atoms with Crippen molar-refractivity contribution in [3.63, 3.8) is 0 Å². The predicted octanol–water partition coefficient (Wildman–Crippen LogP) is 0.389. The maximum absolute atomic E-state index is 3.92. The summed E-state index contributed by atoms with van der Waals surface area (Å²) in [6.07, 6.45) is 5.57. The molecule has 2 nitrogen and oxygen atoms in total. The molecule has 42 valence electrons. The first-order chi connectivity index (χ1) is 3.93. The summed E-state index contributed by atoms with van der Waals surface area (Å²) < 4.78 is 2.01. The molecule has 0 aliphatic heterocycles. The first-order valence-electron chi connectivity index (χ1n) is 2.72. The Balaban J connectivity index is 2.83. The molecule has 8 heavy (non-hydrogen) atoms. The molecule has 0 spiro atoms. The summed E-state index contributed by atoms with van der Waals surface area (Å²) in [5, 5.41) is 0. The average molecular weight is 109 g/mol. The minimum absolute atomic E-state index is 0.994. The second-order valence-electron chi connectivity index (χ2n) is 1.59. The van der Waals surface area contributed by atoms with Crippen LogP contribution >= 0.6 is 0 Å². The Labute approximate surface area is 48.8 Å². The number of aromatic nitrogens is 2. The maximum Gasteiger partial charge on any atom is 0.286 e. The fraction of sp³-hybridized carbons (Fsp3) is 0.333. The summed E-state index contributed by atoms with van der Waals surface area (Å²) in [6.45, 7) is 3.08. The Hall–Kier alpha value is -0.920. The van der Waals surface area contributed by atoms with Gasteiger partial charge in [0.05, 0.1) is 12.7 Å². The quantitative estimate of drug-likeness (QED) is 0.477. The molecule has 0 saturated heterocycles. The van der Waals surface area contributed by atoms with Gasteiger partial charge in [0, 0.05) is 6.07 Å². The van der Waals surface area contributed by atoms with Crippen molar-refractivity contribution >= 4 is 0 Å². The summed E-state index contributed by atoms with van der Waals surface area (Å²) in [4.78, 5) is 3.92. The van der Waals surface area contributed by atoms with E-state index in [-0.39, 0.29) is 0 Å². The number of aryl methyl sites for hydroxylation is 1. The van der Waals surface area contributed by atoms with E-state index in [0.717, 1.165) is 6.54 Å². The smallest absolute Gasteiger partial charge is 0.237 e. The van der Waals surface area contributed by atoms with Crippen LogP contribution in [0.1, 0.15) is 6.92 Å². The standard InChI is InChI=1S/C6H9N2/c1-2-8-5-3-4-7-6-8/h3-6H,2H2,1H3/q+1. The molecule has 0 radical (unpaired) electrons. The molecule has 0 aromatic carbocycles. The normalized spacial score (nSPS) is 9.12. The van der Waals surface area contributed by atoms with Crippen molar-refractivity contribution in [1.29, 1.82) is 0 Å². The third kappa shape index (κ3) is 1.03. The molecule has 0 aliphatic carbocycles. The third-order valence-electron chi connectivity index (χ3n) is 1.03. The van der Waals surface area contributed by atoms with Crippen molar-refractivity contribution in [1.82, 2.24) is 4.98 Å². The lowest BCUT2D eigenvalue weighted by Gasteiger charge is -1.86. The molecular formula is C6H9N2+. The van der Waals surface area contributed by atoms with Gasteiger partial charge in [0.25, 0.3) is 6.33 Å². The van der Waals surface area contributed by atoms with Gasteiger partial charge in [0.2, 0.25) is 0 Å². The van der Waals surface area contributed by atoms with E-state index in [1.165, 1.54) is 0 Å². The molecule has 1 aromatic heterocycles. The Kier molecular flexibility index (Phi) is 1.57. The molecule has 0 aliphatic rings. The van der Waals surface area contributed by atoms with Crippen LogP contribution in [0.15, 0.2) is 24.8 Å². The highest BCUT2D eigenvalue weighted by molar-refractivity contribution is 4.68. The van der Waals surface area contributed by atoms with Crippen molar-refractivity contribution < 1.29 is 4.57 Å². The van der Waals surface area contributed by atoms with E-state index in [1.807, 2.05) is 16.8 Å². The monoisotopic (exact) mass is 109 g/mol. The Morgan fingerprint density at radius 2 is 2.50 bits per heavy atom. The second kappa shape index (κ2) is 2.40. The van der Waals surface area contributed by atoms with E-state index in [2.05, 4.69) is 11.9 Å². The fourth-order valence-corrected chi connectivity index (χ4v) is 0.548. The van der Waals surface area contributed by atoms with Gasteiger partial charge in [-0.05, 0) is 6.92 Å². The van der Waals surface area contributed by atoms with E-state index in [9.17, 15) is 0 Å². The van der Waals surface area contributed by atoms with Gasteiger partial charge in [-0.1, -0.05) is 4.98 Å². The van der Waals surface area contributed by atoms with Crippen molar-refractivity contribution in [3.05, 3.63) is 24.8 Å². The molecule has 0 unspecified atom stereocenters. The van der Waals surface area contributed by atoms with Gasteiger partial charge >= 0.3 is 0 Å². The first-order valence-corrected chi connectivity index (χ1v) is 2.72. The van der Waals surface area contributed by atoms with E-state index in [1.54, 1.807) is 12.5 Å². The van der Waals surface area contributed by atoms with Crippen LogP contribution in [0.25, 0.3) is 0 Å². The SMILES string of the molecule is CC[n+]1cccnc1. The zero-order chi connectivity index (χ0) is 5.82. The van der Waals surface area contributed by atoms with Gasteiger partial charge in [-0.3, -0.25) is 0 Å². The van der Waals surface area contributed by atoms with Crippen LogP contribution in [0.3, 0.4) is 0 Å². The molecule has 0 amide bonds. The topological polar surface area (TPSA) is 16.8 Å². The number of rotatable bonds is 1. The summed E-state index contributed by atoms with van der Waals surface area (Å²) in [7, 11) is 0. The largest absolute Gasteiger partial charge is 0.286 e. The van der Waals surface area contributed by atoms with E-state index in [4.69, 9.17) is 0 Å². The van der Waals surface area contributed by atoms with Crippen LogP contribution < -0.4 is 4.57 Å². The Morgan fingerprint density at radius 3 is 2.88 bits per heavy atom. The lowest BCUT2D eigenvalue weighted by Crippen LogP contribution is -2.31. The van der Waals surface area contributed by atoms with Gasteiger partial charge < -0.3 is 0 Å². The Morgan fingerprint density at radius 1 is 1.62 bits per heavy atom. The zero-order valence-corrected chi connectivity index (χ0v) is 4.91. The number of hydrogen-bond donors (Lipinski definition) is 0. The molecule has 2 heteroatoms. The van der Waals surface area contributed by atoms with Crippen LogP contribution in [-0.4, -0.2) is 4.98 Å². The van der Waals surface area contributed by atoms with Crippen LogP contribution in [0, 0.1) is 0 Å². The minimum Gasteiger partial charge on any atom is -0.237 e.